The van der Waals surface area contributed by atoms with E-state index in [0.29, 0.717) is 13.2 Å². The van der Waals surface area contributed by atoms with Crippen LogP contribution in [-0.4, -0.2) is 44.0 Å². The summed E-state index contributed by atoms with van der Waals surface area (Å²) >= 11 is 1.68. The lowest BCUT2D eigenvalue weighted by Gasteiger charge is -2.23. The van der Waals surface area contributed by atoms with E-state index in [0.717, 1.165) is 10.4 Å². The van der Waals surface area contributed by atoms with E-state index in [1.165, 1.54) is 4.88 Å². The van der Waals surface area contributed by atoms with Gasteiger partial charge in [0.2, 0.25) is 0 Å². The van der Waals surface area contributed by atoms with Gasteiger partial charge in [0.1, 0.15) is 0 Å². The van der Waals surface area contributed by atoms with Gasteiger partial charge < -0.3 is 4.74 Å². The quantitative estimate of drug-likeness (QED) is 0.732. The zero-order valence-corrected chi connectivity index (χ0v) is 12.1. The molecule has 1 atom stereocenters. The topological polar surface area (TPSA) is 29.5 Å². The van der Waals surface area contributed by atoms with Crippen LogP contribution in [0.15, 0.2) is 6.07 Å². The third-order valence-electron chi connectivity index (χ3n) is 2.89. The summed E-state index contributed by atoms with van der Waals surface area (Å²) in [6.45, 7) is 7.19. The van der Waals surface area contributed by atoms with Crippen LogP contribution >= 0.6 is 11.3 Å². The highest BCUT2D eigenvalue weighted by molar-refractivity contribution is 7.12. The molecule has 1 aromatic heterocycles. The zero-order valence-electron chi connectivity index (χ0n) is 11.2. The van der Waals surface area contributed by atoms with Crippen molar-refractivity contribution < 1.29 is 9.53 Å². The van der Waals surface area contributed by atoms with Crippen molar-refractivity contribution in [1.29, 1.82) is 0 Å². The first-order valence-electron chi connectivity index (χ1n) is 5.75. The van der Waals surface area contributed by atoms with Gasteiger partial charge in [-0.2, -0.15) is 0 Å². The number of hydrogen-bond acceptors (Lipinski definition) is 4. The molecular formula is C13H21NO2S. The summed E-state index contributed by atoms with van der Waals surface area (Å²) < 4.78 is 5.09. The Bertz CT molecular complexity index is 387. The lowest BCUT2D eigenvalue weighted by Crippen LogP contribution is -2.36. The summed E-state index contributed by atoms with van der Waals surface area (Å²) in [5, 5.41) is 0. The molecule has 0 saturated heterocycles. The van der Waals surface area contributed by atoms with E-state index in [4.69, 9.17) is 4.74 Å². The van der Waals surface area contributed by atoms with Crippen LogP contribution in [0.3, 0.4) is 0 Å². The lowest BCUT2D eigenvalue weighted by atomic mass is 10.1. The van der Waals surface area contributed by atoms with Gasteiger partial charge in [-0.3, -0.25) is 9.69 Å². The Hall–Kier alpha value is -0.710. The van der Waals surface area contributed by atoms with Crippen molar-refractivity contribution in [3.8, 4) is 0 Å². The maximum atomic E-state index is 12.1. The number of Topliss-reactive ketones (excluding diaryl/α,β-unsaturated/α-hetero) is 1. The maximum Gasteiger partial charge on any atom is 0.177 e. The number of ketones is 1. The number of likely N-dealkylation sites (N-methyl/N-ethyl adjacent to an activating group) is 1. The number of methoxy groups -OCH3 is 1. The highest BCUT2D eigenvalue weighted by Gasteiger charge is 2.17. The first-order valence-corrected chi connectivity index (χ1v) is 6.56. The smallest absolute Gasteiger partial charge is 0.177 e. The van der Waals surface area contributed by atoms with Crippen LogP contribution in [0, 0.1) is 13.8 Å². The van der Waals surface area contributed by atoms with Crippen LogP contribution in [0.5, 0.6) is 0 Å². The molecule has 1 rings (SSSR count). The normalized spacial score (nSPS) is 13.1. The Morgan fingerprint density at radius 3 is 2.65 bits per heavy atom. The van der Waals surface area contributed by atoms with Gasteiger partial charge in [-0.05, 0) is 33.9 Å². The zero-order chi connectivity index (χ0) is 13.0. The fourth-order valence-electron chi connectivity index (χ4n) is 1.74. The molecule has 0 aliphatic carbocycles. The van der Waals surface area contributed by atoms with Crippen molar-refractivity contribution in [2.45, 2.75) is 26.8 Å². The molecule has 17 heavy (non-hydrogen) atoms. The predicted molar refractivity (Wildman–Crippen MR) is 72.1 cm³/mol. The third-order valence-corrected chi connectivity index (χ3v) is 3.86. The summed E-state index contributed by atoms with van der Waals surface area (Å²) in [6, 6.07) is 2.24. The number of carbonyl (C=O) groups excluding carboxylic acids is 1. The number of rotatable bonds is 6. The Morgan fingerprint density at radius 2 is 2.18 bits per heavy atom. The van der Waals surface area contributed by atoms with Crippen molar-refractivity contribution in [2.24, 2.45) is 0 Å². The molecule has 1 heterocycles. The fraction of sp³-hybridized carbons (Fsp3) is 0.615. The number of ether oxygens (including phenoxy) is 1. The van der Waals surface area contributed by atoms with Crippen LogP contribution in [0.25, 0.3) is 0 Å². The van der Waals surface area contributed by atoms with E-state index >= 15 is 0 Å². The van der Waals surface area contributed by atoms with Crippen LogP contribution in [0.1, 0.15) is 27.0 Å². The fourth-order valence-corrected chi connectivity index (χ4v) is 2.69. The van der Waals surface area contributed by atoms with Crippen LogP contribution in [0.4, 0.5) is 0 Å². The number of carbonyl (C=O) groups is 1. The first kappa shape index (κ1) is 14.4. The molecule has 4 heteroatoms. The second-order valence-electron chi connectivity index (χ2n) is 4.47. The van der Waals surface area contributed by atoms with Crippen LogP contribution in [0.2, 0.25) is 0 Å². The summed E-state index contributed by atoms with van der Waals surface area (Å²) in [4.78, 5) is 16.5. The molecule has 96 valence electrons. The largest absolute Gasteiger partial charge is 0.383 e. The monoisotopic (exact) mass is 255 g/mol. The van der Waals surface area contributed by atoms with Crippen molar-refractivity contribution in [1.82, 2.24) is 4.90 Å². The maximum absolute atomic E-state index is 12.1. The van der Waals surface area contributed by atoms with E-state index in [2.05, 4.69) is 6.92 Å². The average molecular weight is 255 g/mol. The molecule has 0 N–H and O–H groups in total. The second-order valence-corrected chi connectivity index (χ2v) is 5.93. The molecular weight excluding hydrogens is 234 g/mol. The summed E-state index contributed by atoms with van der Waals surface area (Å²) in [5.41, 5.74) is 0.865. The highest BCUT2D eigenvalue weighted by Crippen LogP contribution is 2.21. The second kappa shape index (κ2) is 6.28. The predicted octanol–water partition coefficient (Wildman–Crippen LogP) is 2.51. The third kappa shape index (κ3) is 3.91. The Balaban J connectivity index is 2.63. The van der Waals surface area contributed by atoms with Gasteiger partial charge in [0.05, 0.1) is 13.2 Å². The van der Waals surface area contributed by atoms with Gasteiger partial charge in [0, 0.05) is 28.5 Å². The number of hydrogen-bond donors (Lipinski definition) is 0. The molecule has 0 aliphatic rings. The van der Waals surface area contributed by atoms with Gasteiger partial charge in [-0.1, -0.05) is 0 Å². The highest BCUT2D eigenvalue weighted by atomic mass is 32.1. The Labute approximate surface area is 107 Å². The van der Waals surface area contributed by atoms with Gasteiger partial charge >= 0.3 is 0 Å². The molecule has 0 aromatic carbocycles. The SMILES string of the molecule is COCC(C)N(C)CC(=O)c1cc(C)sc1C. The molecule has 1 unspecified atom stereocenters. The summed E-state index contributed by atoms with van der Waals surface area (Å²) in [5.74, 6) is 0.192. The van der Waals surface area contributed by atoms with Crippen molar-refractivity contribution >= 4 is 17.1 Å². The van der Waals surface area contributed by atoms with Crippen molar-refractivity contribution in [3.63, 3.8) is 0 Å². The van der Waals surface area contributed by atoms with Crippen molar-refractivity contribution in [2.75, 3.05) is 27.3 Å². The number of thiophene rings is 1. The molecule has 0 fully saturated rings. The van der Waals surface area contributed by atoms with Gasteiger partial charge in [0.15, 0.2) is 5.78 Å². The molecule has 0 radical (unpaired) electrons. The van der Waals surface area contributed by atoms with Crippen LogP contribution in [-0.2, 0) is 4.74 Å². The molecule has 0 aliphatic heterocycles. The molecule has 3 nitrogen and oxygen atoms in total. The Kier molecular flexibility index (Phi) is 5.31. The van der Waals surface area contributed by atoms with E-state index in [9.17, 15) is 4.79 Å². The number of nitrogens with zero attached hydrogens (tertiary/aromatic N) is 1. The van der Waals surface area contributed by atoms with E-state index in [1.807, 2.05) is 31.9 Å². The Morgan fingerprint density at radius 1 is 1.53 bits per heavy atom. The summed E-state index contributed by atoms with van der Waals surface area (Å²) in [7, 11) is 3.63. The minimum absolute atomic E-state index is 0.192. The van der Waals surface area contributed by atoms with E-state index < -0.39 is 0 Å². The summed E-state index contributed by atoms with van der Waals surface area (Å²) in [6.07, 6.45) is 0. The van der Waals surface area contributed by atoms with E-state index in [1.54, 1.807) is 18.4 Å². The van der Waals surface area contributed by atoms with Crippen molar-refractivity contribution in [3.05, 3.63) is 21.4 Å². The van der Waals surface area contributed by atoms with Gasteiger partial charge in [-0.25, -0.2) is 0 Å². The molecule has 0 spiro atoms. The number of aryl methyl sites for hydroxylation is 2. The van der Waals surface area contributed by atoms with Crippen LogP contribution < -0.4 is 0 Å². The molecule has 0 saturated carbocycles. The first-order chi connectivity index (χ1) is 7.95. The molecule has 0 bridgehead atoms. The minimum Gasteiger partial charge on any atom is -0.383 e. The average Bonchev–Trinajstić information content (AvgIpc) is 2.58. The van der Waals surface area contributed by atoms with Gasteiger partial charge in [0.25, 0.3) is 0 Å². The molecule has 0 amide bonds. The lowest BCUT2D eigenvalue weighted by molar-refractivity contribution is 0.0841. The van der Waals surface area contributed by atoms with E-state index in [-0.39, 0.29) is 11.8 Å². The molecule has 1 aromatic rings. The van der Waals surface area contributed by atoms with Gasteiger partial charge in [-0.15, -0.1) is 11.3 Å². The standard InChI is InChI=1S/C13H21NO2S/c1-9(8-16-5)14(4)7-13(15)12-6-10(2)17-11(12)3/h6,9H,7-8H2,1-5H3. The minimum atomic E-state index is 0.192.